The first kappa shape index (κ1) is 12.0. The van der Waals surface area contributed by atoms with E-state index in [4.69, 9.17) is 5.11 Å². The van der Waals surface area contributed by atoms with Crippen LogP contribution in [0.3, 0.4) is 0 Å². The molecule has 0 spiro atoms. The van der Waals surface area contributed by atoms with E-state index >= 15 is 0 Å². The number of rotatable bonds is 4. The van der Waals surface area contributed by atoms with Crippen LogP contribution in [-0.2, 0) is 11.2 Å². The third-order valence-electron chi connectivity index (χ3n) is 2.34. The number of hydrogen-bond donors (Lipinski definition) is 1. The van der Waals surface area contributed by atoms with Gasteiger partial charge in [0.15, 0.2) is 0 Å². The normalized spacial score (nSPS) is 10.7. The summed E-state index contributed by atoms with van der Waals surface area (Å²) in [6.07, 6.45) is 5.19. The maximum atomic E-state index is 10.5. The van der Waals surface area contributed by atoms with Gasteiger partial charge in [-0.25, -0.2) is 0 Å². The monoisotopic (exact) mass is 240 g/mol. The van der Waals surface area contributed by atoms with Gasteiger partial charge in [0.25, 0.3) is 0 Å². The van der Waals surface area contributed by atoms with Crippen LogP contribution in [0.2, 0.25) is 0 Å². The number of nitrogens with zero attached hydrogens (tertiary/aromatic N) is 2. The van der Waals surface area contributed by atoms with E-state index in [9.17, 15) is 4.79 Å². The molecule has 1 aromatic heterocycles. The van der Waals surface area contributed by atoms with Crippen molar-refractivity contribution in [3.8, 4) is 0 Å². The van der Waals surface area contributed by atoms with Gasteiger partial charge in [0.2, 0.25) is 0 Å². The molecule has 0 unspecified atom stereocenters. The van der Waals surface area contributed by atoms with Crippen molar-refractivity contribution in [3.63, 3.8) is 0 Å². The van der Waals surface area contributed by atoms with E-state index in [1.165, 1.54) is 0 Å². The lowest BCUT2D eigenvalue weighted by Crippen LogP contribution is -1.99. The number of carboxylic acids is 1. The Labute approximate surface area is 105 Å². The molecular formula is C14H12N2O2. The van der Waals surface area contributed by atoms with Gasteiger partial charge in [-0.1, -0.05) is 18.2 Å². The Balaban J connectivity index is 2.06. The van der Waals surface area contributed by atoms with Gasteiger partial charge in [-0.15, -0.1) is 0 Å². The fourth-order valence-corrected chi connectivity index (χ4v) is 1.48. The van der Waals surface area contributed by atoms with Gasteiger partial charge in [-0.05, 0) is 23.8 Å². The molecule has 90 valence electrons. The zero-order chi connectivity index (χ0) is 12.8. The van der Waals surface area contributed by atoms with E-state index in [0.717, 1.165) is 16.8 Å². The molecule has 4 heteroatoms. The summed E-state index contributed by atoms with van der Waals surface area (Å²) in [5, 5.41) is 8.65. The van der Waals surface area contributed by atoms with E-state index in [-0.39, 0.29) is 6.42 Å². The third kappa shape index (κ3) is 3.52. The van der Waals surface area contributed by atoms with Crippen molar-refractivity contribution in [1.82, 2.24) is 4.98 Å². The van der Waals surface area contributed by atoms with Crippen molar-refractivity contribution < 1.29 is 9.90 Å². The van der Waals surface area contributed by atoms with Crippen LogP contribution in [0, 0.1) is 0 Å². The molecule has 0 aliphatic rings. The number of carboxylic acid groups (broad SMARTS) is 1. The molecule has 0 atom stereocenters. The van der Waals surface area contributed by atoms with Gasteiger partial charge < -0.3 is 5.11 Å². The summed E-state index contributed by atoms with van der Waals surface area (Å²) in [7, 11) is 0. The number of aromatic nitrogens is 1. The Hall–Kier alpha value is -2.49. The van der Waals surface area contributed by atoms with E-state index in [1.807, 2.05) is 12.1 Å². The largest absolute Gasteiger partial charge is 0.481 e. The second kappa shape index (κ2) is 5.72. The molecule has 0 aliphatic carbocycles. The van der Waals surface area contributed by atoms with Gasteiger partial charge in [-0.2, -0.15) is 0 Å². The minimum absolute atomic E-state index is 0.0343. The van der Waals surface area contributed by atoms with E-state index in [2.05, 4.69) is 9.98 Å². The molecule has 18 heavy (non-hydrogen) atoms. The first-order chi connectivity index (χ1) is 8.74. The molecule has 0 aliphatic heterocycles. The molecule has 2 rings (SSSR count). The Bertz CT molecular complexity index is 548. The van der Waals surface area contributed by atoms with Crippen molar-refractivity contribution in [2.75, 3.05) is 0 Å². The zero-order valence-corrected chi connectivity index (χ0v) is 9.65. The average Bonchev–Trinajstić information content (AvgIpc) is 2.38. The molecule has 0 saturated carbocycles. The van der Waals surface area contributed by atoms with E-state index in [0.29, 0.717) is 0 Å². The van der Waals surface area contributed by atoms with Crippen molar-refractivity contribution in [2.24, 2.45) is 4.99 Å². The molecule has 2 aromatic rings. The van der Waals surface area contributed by atoms with Crippen molar-refractivity contribution in [1.29, 1.82) is 0 Å². The molecule has 1 heterocycles. The molecule has 0 bridgehead atoms. The first-order valence-corrected chi connectivity index (χ1v) is 5.49. The lowest BCUT2D eigenvalue weighted by atomic mass is 10.1. The molecular weight excluding hydrogens is 228 g/mol. The van der Waals surface area contributed by atoms with Gasteiger partial charge in [0.05, 0.1) is 12.1 Å². The molecule has 0 amide bonds. The Morgan fingerprint density at radius 3 is 2.67 bits per heavy atom. The predicted molar refractivity (Wildman–Crippen MR) is 69.3 cm³/mol. The second-order valence-electron chi connectivity index (χ2n) is 3.78. The van der Waals surface area contributed by atoms with Gasteiger partial charge >= 0.3 is 5.97 Å². The highest BCUT2D eigenvalue weighted by Gasteiger charge is 1.99. The number of aliphatic carboxylic acids is 1. The third-order valence-corrected chi connectivity index (χ3v) is 2.34. The average molecular weight is 240 g/mol. The fraction of sp³-hybridized carbons (Fsp3) is 0.0714. The molecule has 4 nitrogen and oxygen atoms in total. The van der Waals surface area contributed by atoms with Crippen LogP contribution in [0.15, 0.2) is 53.8 Å². The number of carbonyl (C=O) groups is 1. The van der Waals surface area contributed by atoms with Crippen molar-refractivity contribution >= 4 is 17.9 Å². The number of benzene rings is 1. The molecule has 1 N–H and O–H groups in total. The second-order valence-corrected chi connectivity index (χ2v) is 3.78. The van der Waals surface area contributed by atoms with Crippen LogP contribution in [0.1, 0.15) is 11.1 Å². The van der Waals surface area contributed by atoms with Crippen molar-refractivity contribution in [2.45, 2.75) is 6.42 Å². The summed E-state index contributed by atoms with van der Waals surface area (Å²) in [5.74, 6) is -0.832. The standard InChI is InChI=1S/C14H12N2O2/c17-14(18)8-11-3-5-13(6-4-11)16-10-12-2-1-7-15-9-12/h1-7,9-10H,8H2,(H,17,18)/b16-10+. The van der Waals surface area contributed by atoms with Crippen molar-refractivity contribution in [3.05, 3.63) is 59.9 Å². The number of pyridine rings is 1. The van der Waals surface area contributed by atoms with Crippen LogP contribution < -0.4 is 0 Å². The van der Waals surface area contributed by atoms with Crippen LogP contribution in [0.5, 0.6) is 0 Å². The molecule has 1 aromatic carbocycles. The zero-order valence-electron chi connectivity index (χ0n) is 9.65. The van der Waals surface area contributed by atoms with Gasteiger partial charge in [0.1, 0.15) is 0 Å². The highest BCUT2D eigenvalue weighted by atomic mass is 16.4. The minimum atomic E-state index is -0.832. The molecule has 0 fully saturated rings. The molecule has 0 radical (unpaired) electrons. The lowest BCUT2D eigenvalue weighted by Gasteiger charge is -1.98. The van der Waals surface area contributed by atoms with Gasteiger partial charge in [-0.3, -0.25) is 14.8 Å². The van der Waals surface area contributed by atoms with Crippen LogP contribution in [-0.4, -0.2) is 22.3 Å². The highest BCUT2D eigenvalue weighted by molar-refractivity contribution is 5.81. The summed E-state index contributed by atoms with van der Waals surface area (Å²) in [4.78, 5) is 18.8. The van der Waals surface area contributed by atoms with E-state index in [1.54, 1.807) is 42.9 Å². The summed E-state index contributed by atoms with van der Waals surface area (Å²) in [6.45, 7) is 0. The topological polar surface area (TPSA) is 62.5 Å². The van der Waals surface area contributed by atoms with E-state index < -0.39 is 5.97 Å². The lowest BCUT2D eigenvalue weighted by molar-refractivity contribution is -0.136. The predicted octanol–water partition coefficient (Wildman–Crippen LogP) is 2.46. The Morgan fingerprint density at radius 2 is 2.06 bits per heavy atom. The first-order valence-electron chi connectivity index (χ1n) is 5.49. The summed E-state index contributed by atoms with van der Waals surface area (Å²) in [5.41, 5.74) is 2.47. The van der Waals surface area contributed by atoms with Crippen LogP contribution >= 0.6 is 0 Å². The van der Waals surface area contributed by atoms with Crippen LogP contribution in [0.4, 0.5) is 5.69 Å². The smallest absolute Gasteiger partial charge is 0.307 e. The maximum absolute atomic E-state index is 10.5. The fourth-order valence-electron chi connectivity index (χ4n) is 1.48. The highest BCUT2D eigenvalue weighted by Crippen LogP contribution is 2.13. The SMILES string of the molecule is O=C(O)Cc1ccc(/N=C/c2cccnc2)cc1. The maximum Gasteiger partial charge on any atom is 0.307 e. The Kier molecular flexibility index (Phi) is 3.81. The summed E-state index contributed by atoms with van der Waals surface area (Å²) in [6, 6.07) is 10.9. The minimum Gasteiger partial charge on any atom is -0.481 e. The number of aliphatic imine (C=N–C) groups is 1. The van der Waals surface area contributed by atoms with Gasteiger partial charge in [0, 0.05) is 24.2 Å². The summed E-state index contributed by atoms with van der Waals surface area (Å²) < 4.78 is 0. The Morgan fingerprint density at radius 1 is 1.28 bits per heavy atom. The number of hydrogen-bond acceptors (Lipinski definition) is 3. The summed E-state index contributed by atoms with van der Waals surface area (Å²) >= 11 is 0. The quantitative estimate of drug-likeness (QED) is 0.835. The van der Waals surface area contributed by atoms with Crippen LogP contribution in [0.25, 0.3) is 0 Å². The molecule has 0 saturated heterocycles.